The van der Waals surface area contributed by atoms with Crippen LogP contribution in [0.1, 0.15) is 25.7 Å². The van der Waals surface area contributed by atoms with E-state index in [1.54, 1.807) is 0 Å². The lowest BCUT2D eigenvalue weighted by Gasteiger charge is -2.37. The van der Waals surface area contributed by atoms with Crippen LogP contribution in [0.25, 0.3) is 0 Å². The molecule has 2 rings (SSSR count). The first-order valence-corrected chi connectivity index (χ1v) is 3.63. The van der Waals surface area contributed by atoms with Gasteiger partial charge in [-0.1, -0.05) is 12.8 Å². The minimum absolute atomic E-state index is 0.586. The molecule has 2 fully saturated rings. The van der Waals surface area contributed by atoms with Crippen LogP contribution in [0.4, 0.5) is 0 Å². The van der Waals surface area contributed by atoms with E-state index in [0.29, 0.717) is 6.04 Å². The monoisotopic (exact) mass is 111 g/mol. The number of hydrogen-bond acceptors (Lipinski definition) is 1. The van der Waals surface area contributed by atoms with Gasteiger partial charge >= 0.3 is 0 Å². The van der Waals surface area contributed by atoms with E-state index in [0.717, 1.165) is 11.8 Å². The van der Waals surface area contributed by atoms with Gasteiger partial charge in [0.05, 0.1) is 0 Å². The Hall–Kier alpha value is -0.0400. The summed E-state index contributed by atoms with van der Waals surface area (Å²) in [5, 5.41) is 0. The fraction of sp³-hybridized carbons (Fsp3) is 1.00. The quantitative estimate of drug-likeness (QED) is 0.498. The van der Waals surface area contributed by atoms with Crippen molar-refractivity contribution in [1.29, 1.82) is 0 Å². The third-order valence-corrected chi connectivity index (χ3v) is 2.84. The summed E-state index contributed by atoms with van der Waals surface area (Å²) in [4.78, 5) is 0. The van der Waals surface area contributed by atoms with Crippen molar-refractivity contribution < 1.29 is 0 Å². The van der Waals surface area contributed by atoms with Crippen LogP contribution in [0.5, 0.6) is 0 Å². The average Bonchev–Trinajstić information content (AvgIpc) is 2.09. The molecule has 0 unspecified atom stereocenters. The molecule has 0 radical (unpaired) electrons. The minimum Gasteiger partial charge on any atom is -0.327 e. The van der Waals surface area contributed by atoms with Gasteiger partial charge in [0.15, 0.2) is 0 Å². The van der Waals surface area contributed by atoms with E-state index in [1.165, 1.54) is 25.7 Å². The normalized spacial score (nSPS) is 52.9. The van der Waals surface area contributed by atoms with E-state index < -0.39 is 0 Å². The molecule has 0 bridgehead atoms. The maximum absolute atomic E-state index is 5.76. The summed E-state index contributed by atoms with van der Waals surface area (Å²) in [5.74, 6) is 1.99. The molecule has 1 nitrogen and oxygen atoms in total. The second-order valence-electron chi connectivity index (χ2n) is 3.25. The smallest absolute Gasteiger partial charge is 0.00725 e. The highest BCUT2D eigenvalue weighted by atomic mass is 14.7. The van der Waals surface area contributed by atoms with Gasteiger partial charge in [-0.25, -0.2) is 0 Å². The van der Waals surface area contributed by atoms with Crippen molar-refractivity contribution in [3.05, 3.63) is 0 Å². The molecule has 2 saturated carbocycles. The molecule has 0 spiro atoms. The van der Waals surface area contributed by atoms with Crippen LogP contribution in [0, 0.1) is 11.8 Å². The third-order valence-electron chi connectivity index (χ3n) is 2.84. The van der Waals surface area contributed by atoms with Gasteiger partial charge in [-0.05, 0) is 24.7 Å². The van der Waals surface area contributed by atoms with Crippen molar-refractivity contribution in [2.75, 3.05) is 0 Å². The third kappa shape index (κ3) is 0.455. The summed E-state index contributed by atoms with van der Waals surface area (Å²) in [7, 11) is 0. The van der Waals surface area contributed by atoms with Crippen LogP contribution in [0.3, 0.4) is 0 Å². The molecule has 0 aromatic rings. The highest BCUT2D eigenvalue weighted by Crippen LogP contribution is 2.45. The Bertz CT molecular complexity index is 101. The van der Waals surface area contributed by atoms with Gasteiger partial charge in [0.25, 0.3) is 0 Å². The van der Waals surface area contributed by atoms with Gasteiger partial charge in [-0.3, -0.25) is 0 Å². The van der Waals surface area contributed by atoms with Gasteiger partial charge in [0, 0.05) is 6.04 Å². The van der Waals surface area contributed by atoms with Crippen molar-refractivity contribution in [3.8, 4) is 0 Å². The molecule has 46 valence electrons. The molecule has 3 atom stereocenters. The highest BCUT2D eigenvalue weighted by Gasteiger charge is 2.41. The standard InChI is InChI=1S/C7H13N/c8-7-4-5-2-1-3-6(5)7/h5-7H,1-4,8H2/t5-,6-,7+/m1/s1. The summed E-state index contributed by atoms with van der Waals surface area (Å²) in [6.45, 7) is 0. The predicted octanol–water partition coefficient (Wildman–Crippen LogP) is 1.13. The number of hydrogen-bond donors (Lipinski definition) is 1. The van der Waals surface area contributed by atoms with Crippen LogP contribution in [0.2, 0.25) is 0 Å². The van der Waals surface area contributed by atoms with Crippen LogP contribution < -0.4 is 5.73 Å². The molecule has 8 heavy (non-hydrogen) atoms. The van der Waals surface area contributed by atoms with Crippen LogP contribution in [-0.4, -0.2) is 6.04 Å². The second-order valence-corrected chi connectivity index (χ2v) is 3.25. The lowest BCUT2D eigenvalue weighted by Crippen LogP contribution is -2.44. The van der Waals surface area contributed by atoms with Gasteiger partial charge in [0.2, 0.25) is 0 Å². The lowest BCUT2D eigenvalue weighted by molar-refractivity contribution is 0.173. The molecular weight excluding hydrogens is 98.1 g/mol. The zero-order chi connectivity index (χ0) is 5.56. The van der Waals surface area contributed by atoms with Crippen molar-refractivity contribution in [3.63, 3.8) is 0 Å². The van der Waals surface area contributed by atoms with Crippen molar-refractivity contribution in [1.82, 2.24) is 0 Å². The van der Waals surface area contributed by atoms with Crippen molar-refractivity contribution in [2.24, 2.45) is 17.6 Å². The van der Waals surface area contributed by atoms with Gasteiger partial charge < -0.3 is 5.73 Å². The first-order chi connectivity index (χ1) is 3.88. The van der Waals surface area contributed by atoms with E-state index in [2.05, 4.69) is 0 Å². The van der Waals surface area contributed by atoms with E-state index in [1.807, 2.05) is 0 Å². The summed E-state index contributed by atoms with van der Waals surface area (Å²) >= 11 is 0. The molecule has 0 aromatic heterocycles. The van der Waals surface area contributed by atoms with Gasteiger partial charge in [-0.2, -0.15) is 0 Å². The number of fused-ring (bicyclic) bond motifs is 1. The molecule has 0 saturated heterocycles. The van der Waals surface area contributed by atoms with Gasteiger partial charge in [0.1, 0.15) is 0 Å². The average molecular weight is 111 g/mol. The molecule has 0 heterocycles. The fourth-order valence-corrected chi connectivity index (χ4v) is 2.25. The lowest BCUT2D eigenvalue weighted by atomic mass is 9.72. The number of rotatable bonds is 0. The first kappa shape index (κ1) is 4.80. The molecule has 2 aliphatic carbocycles. The van der Waals surface area contributed by atoms with Crippen LogP contribution in [0.15, 0.2) is 0 Å². The largest absolute Gasteiger partial charge is 0.327 e. The predicted molar refractivity (Wildman–Crippen MR) is 33.4 cm³/mol. The fourth-order valence-electron chi connectivity index (χ4n) is 2.25. The van der Waals surface area contributed by atoms with E-state index in [-0.39, 0.29) is 0 Å². The minimum atomic E-state index is 0.586. The second kappa shape index (κ2) is 1.47. The Kier molecular flexibility index (Phi) is 0.884. The Balaban J connectivity index is 2.02. The molecule has 1 heteroatoms. The number of nitrogens with two attached hydrogens (primary N) is 1. The van der Waals surface area contributed by atoms with Crippen LogP contribution >= 0.6 is 0 Å². The Morgan fingerprint density at radius 3 is 2.62 bits per heavy atom. The highest BCUT2D eigenvalue weighted by molar-refractivity contribution is 4.95. The Labute approximate surface area is 50.3 Å². The molecule has 0 aliphatic heterocycles. The molecule has 0 amide bonds. The zero-order valence-corrected chi connectivity index (χ0v) is 5.14. The van der Waals surface area contributed by atoms with E-state index in [9.17, 15) is 0 Å². The van der Waals surface area contributed by atoms with Crippen LogP contribution in [-0.2, 0) is 0 Å². The molecule has 2 aliphatic rings. The summed E-state index contributed by atoms with van der Waals surface area (Å²) in [5.41, 5.74) is 5.76. The zero-order valence-electron chi connectivity index (χ0n) is 5.14. The molecule has 2 N–H and O–H groups in total. The van der Waals surface area contributed by atoms with E-state index in [4.69, 9.17) is 5.73 Å². The molecular formula is C7H13N. The topological polar surface area (TPSA) is 26.0 Å². The van der Waals surface area contributed by atoms with Crippen molar-refractivity contribution >= 4 is 0 Å². The molecule has 0 aromatic carbocycles. The summed E-state index contributed by atoms with van der Waals surface area (Å²) < 4.78 is 0. The summed E-state index contributed by atoms with van der Waals surface area (Å²) in [6.07, 6.45) is 5.66. The maximum atomic E-state index is 5.76. The Morgan fingerprint density at radius 1 is 1.25 bits per heavy atom. The Morgan fingerprint density at radius 2 is 2.12 bits per heavy atom. The van der Waals surface area contributed by atoms with Gasteiger partial charge in [-0.15, -0.1) is 0 Å². The van der Waals surface area contributed by atoms with E-state index >= 15 is 0 Å². The maximum Gasteiger partial charge on any atom is 0.00725 e. The summed E-state index contributed by atoms with van der Waals surface area (Å²) in [6, 6.07) is 0.586. The first-order valence-electron chi connectivity index (χ1n) is 3.63. The van der Waals surface area contributed by atoms with Crippen molar-refractivity contribution in [2.45, 2.75) is 31.7 Å². The SMILES string of the molecule is N[C@H]1C[C@H]2CCC[C@H]21.